The molecule has 0 saturated carbocycles. The molecule has 19 heavy (non-hydrogen) atoms. The Morgan fingerprint density at radius 2 is 2.11 bits per heavy atom. The molecule has 1 aromatic heterocycles. The number of thiophene rings is 1. The largest absolute Gasteiger partial charge is 0.284 e. The van der Waals surface area contributed by atoms with Crippen molar-refractivity contribution < 1.29 is 18.0 Å². The molecule has 104 valence electrons. The predicted octanol–water partition coefficient (Wildman–Crippen LogP) is 0.855. The highest BCUT2D eigenvalue weighted by Crippen LogP contribution is 2.30. The molecule has 1 N–H and O–H groups in total. The Morgan fingerprint density at radius 1 is 1.47 bits per heavy atom. The maximum absolute atomic E-state index is 12.1. The van der Waals surface area contributed by atoms with Gasteiger partial charge < -0.3 is 0 Å². The van der Waals surface area contributed by atoms with E-state index in [4.69, 9.17) is 0 Å². The standard InChI is InChI=1S/C10H11BrN2O4S2/c1-5-3-8(18-9(5)11)19(16,17)12-6-4-7(14)13(2)10(6)15/h3,6,12H,4H2,1-2H3. The zero-order chi connectivity index (χ0) is 14.4. The number of nitrogens with zero attached hydrogens (tertiary/aromatic N) is 1. The van der Waals surface area contributed by atoms with E-state index in [0.717, 1.165) is 25.6 Å². The van der Waals surface area contributed by atoms with Crippen molar-refractivity contribution in [2.75, 3.05) is 7.05 Å². The van der Waals surface area contributed by atoms with Gasteiger partial charge in [0, 0.05) is 7.05 Å². The van der Waals surface area contributed by atoms with E-state index >= 15 is 0 Å². The molecule has 0 radical (unpaired) electrons. The van der Waals surface area contributed by atoms with Gasteiger partial charge in [-0.3, -0.25) is 14.5 Å². The van der Waals surface area contributed by atoms with Crippen molar-refractivity contribution in [2.45, 2.75) is 23.6 Å². The van der Waals surface area contributed by atoms with Crippen molar-refractivity contribution >= 4 is 49.1 Å². The summed E-state index contributed by atoms with van der Waals surface area (Å²) in [5.41, 5.74) is 0.802. The van der Waals surface area contributed by atoms with Crippen molar-refractivity contribution in [2.24, 2.45) is 0 Å². The minimum Gasteiger partial charge on any atom is -0.284 e. The second-order valence-electron chi connectivity index (χ2n) is 4.19. The summed E-state index contributed by atoms with van der Waals surface area (Å²) in [5.74, 6) is -0.915. The molecule has 0 spiro atoms. The average molecular weight is 367 g/mol. The molecule has 0 bridgehead atoms. The van der Waals surface area contributed by atoms with E-state index < -0.39 is 22.0 Å². The Hall–Kier alpha value is -0.770. The molecule has 1 saturated heterocycles. The van der Waals surface area contributed by atoms with Crippen LogP contribution in [0.3, 0.4) is 0 Å². The fourth-order valence-corrected chi connectivity index (χ4v) is 5.09. The molecule has 1 aliphatic rings. The lowest BCUT2D eigenvalue weighted by Gasteiger charge is -2.10. The summed E-state index contributed by atoms with van der Waals surface area (Å²) in [7, 11) is -2.45. The first-order valence-corrected chi connectivity index (χ1v) is 8.40. The molecule has 0 aromatic carbocycles. The molecule has 9 heteroatoms. The summed E-state index contributed by atoms with van der Waals surface area (Å²) >= 11 is 4.31. The highest BCUT2D eigenvalue weighted by atomic mass is 79.9. The van der Waals surface area contributed by atoms with Crippen molar-refractivity contribution in [3.8, 4) is 0 Å². The second kappa shape index (κ2) is 4.97. The number of sulfonamides is 1. The van der Waals surface area contributed by atoms with Gasteiger partial charge in [-0.1, -0.05) is 0 Å². The number of likely N-dealkylation sites (tertiary alicyclic amines) is 1. The third kappa shape index (κ3) is 2.73. The van der Waals surface area contributed by atoms with Crippen LogP contribution >= 0.6 is 27.3 Å². The van der Waals surface area contributed by atoms with Crippen molar-refractivity contribution in [1.29, 1.82) is 0 Å². The van der Waals surface area contributed by atoms with E-state index in [-0.39, 0.29) is 16.5 Å². The number of carbonyl (C=O) groups excluding carboxylic acids is 2. The van der Waals surface area contributed by atoms with Gasteiger partial charge >= 0.3 is 0 Å². The fourth-order valence-electron chi connectivity index (χ4n) is 1.66. The van der Waals surface area contributed by atoms with Gasteiger partial charge in [0.25, 0.3) is 10.0 Å². The van der Waals surface area contributed by atoms with Gasteiger partial charge in [-0.2, -0.15) is 4.72 Å². The van der Waals surface area contributed by atoms with Crippen molar-refractivity contribution in [3.05, 3.63) is 15.4 Å². The topological polar surface area (TPSA) is 83.6 Å². The van der Waals surface area contributed by atoms with Gasteiger partial charge in [0.05, 0.1) is 10.2 Å². The molecule has 1 aromatic rings. The number of rotatable bonds is 3. The molecule has 1 aliphatic heterocycles. The van der Waals surface area contributed by atoms with Crippen LogP contribution in [0.4, 0.5) is 0 Å². The molecule has 1 atom stereocenters. The van der Waals surface area contributed by atoms with E-state index in [1.165, 1.54) is 13.1 Å². The predicted molar refractivity (Wildman–Crippen MR) is 73.3 cm³/mol. The Kier molecular flexibility index (Phi) is 3.83. The number of halogens is 1. The number of nitrogens with one attached hydrogen (secondary N) is 1. The lowest BCUT2D eigenvalue weighted by Crippen LogP contribution is -2.40. The number of hydrogen-bond donors (Lipinski definition) is 1. The first-order valence-electron chi connectivity index (χ1n) is 5.31. The van der Waals surface area contributed by atoms with Gasteiger partial charge in [-0.25, -0.2) is 8.42 Å². The number of amides is 2. The van der Waals surface area contributed by atoms with Gasteiger partial charge in [-0.05, 0) is 34.5 Å². The maximum atomic E-state index is 12.1. The summed E-state index contributed by atoms with van der Waals surface area (Å²) in [5, 5.41) is 0. The third-order valence-electron chi connectivity index (χ3n) is 2.78. The molecule has 0 aliphatic carbocycles. The highest BCUT2D eigenvalue weighted by Gasteiger charge is 2.39. The Bertz CT molecular complexity index is 633. The van der Waals surface area contributed by atoms with Crippen molar-refractivity contribution in [1.82, 2.24) is 9.62 Å². The van der Waals surface area contributed by atoms with Gasteiger partial charge in [0.1, 0.15) is 10.3 Å². The second-order valence-corrected chi connectivity index (χ2v) is 8.50. The Balaban J connectivity index is 2.23. The van der Waals surface area contributed by atoms with E-state index in [1.54, 1.807) is 6.92 Å². The van der Waals surface area contributed by atoms with E-state index in [1.807, 2.05) is 0 Å². The normalized spacial score (nSPS) is 20.4. The average Bonchev–Trinajstić information content (AvgIpc) is 2.76. The first-order chi connectivity index (χ1) is 8.72. The van der Waals surface area contributed by atoms with Crippen LogP contribution in [0, 0.1) is 6.92 Å². The molecule has 2 heterocycles. The number of hydrogen-bond acceptors (Lipinski definition) is 5. The van der Waals surface area contributed by atoms with Gasteiger partial charge in [-0.15, -0.1) is 11.3 Å². The number of imide groups is 1. The monoisotopic (exact) mass is 366 g/mol. The summed E-state index contributed by atoms with van der Waals surface area (Å²) in [6, 6.07) is 0.505. The molecule has 1 unspecified atom stereocenters. The number of carbonyl (C=O) groups is 2. The first kappa shape index (κ1) is 14.6. The smallest absolute Gasteiger partial charge is 0.250 e. The van der Waals surface area contributed by atoms with Crippen LogP contribution in [0.15, 0.2) is 14.1 Å². The quantitative estimate of drug-likeness (QED) is 0.803. The van der Waals surface area contributed by atoms with E-state index in [2.05, 4.69) is 20.7 Å². The molecular weight excluding hydrogens is 356 g/mol. The van der Waals surface area contributed by atoms with Crippen LogP contribution in [0.2, 0.25) is 0 Å². The zero-order valence-electron chi connectivity index (χ0n) is 10.1. The van der Waals surface area contributed by atoms with Crippen LogP contribution in [-0.2, 0) is 19.6 Å². The summed E-state index contributed by atoms with van der Waals surface area (Å²) in [6.07, 6.45) is -0.139. The summed E-state index contributed by atoms with van der Waals surface area (Å²) in [6.45, 7) is 1.78. The molecule has 6 nitrogen and oxygen atoms in total. The van der Waals surface area contributed by atoms with Crippen LogP contribution in [0.5, 0.6) is 0 Å². The van der Waals surface area contributed by atoms with Crippen molar-refractivity contribution in [3.63, 3.8) is 0 Å². The lowest BCUT2D eigenvalue weighted by atomic mass is 10.3. The SMILES string of the molecule is Cc1cc(S(=O)(=O)NC2CC(=O)N(C)C2=O)sc1Br. The minimum absolute atomic E-state index is 0.117. The van der Waals surface area contributed by atoms with Crippen LogP contribution in [0.1, 0.15) is 12.0 Å². The molecular formula is C10H11BrN2O4S2. The molecule has 1 fully saturated rings. The van der Waals surface area contributed by atoms with Crippen LogP contribution in [0.25, 0.3) is 0 Å². The van der Waals surface area contributed by atoms with Crippen LogP contribution < -0.4 is 4.72 Å². The van der Waals surface area contributed by atoms with E-state index in [9.17, 15) is 18.0 Å². The molecule has 2 amide bonds. The minimum atomic E-state index is -3.79. The third-order valence-corrected chi connectivity index (χ3v) is 6.86. The Labute approximate surface area is 123 Å². The summed E-state index contributed by atoms with van der Waals surface area (Å²) in [4.78, 5) is 23.9. The zero-order valence-corrected chi connectivity index (χ0v) is 13.4. The Morgan fingerprint density at radius 3 is 2.53 bits per heavy atom. The van der Waals surface area contributed by atoms with Gasteiger partial charge in [0.15, 0.2) is 0 Å². The number of aryl methyl sites for hydroxylation is 1. The summed E-state index contributed by atoms with van der Waals surface area (Å²) < 4.78 is 27.3. The fraction of sp³-hybridized carbons (Fsp3) is 0.400. The van der Waals surface area contributed by atoms with Gasteiger partial charge in [0.2, 0.25) is 11.8 Å². The lowest BCUT2D eigenvalue weighted by molar-refractivity contribution is -0.137. The molecule has 2 rings (SSSR count). The highest BCUT2D eigenvalue weighted by molar-refractivity contribution is 9.11. The number of likely N-dealkylation sites (N-methyl/N-ethyl adjacent to an activating group) is 1. The van der Waals surface area contributed by atoms with Crippen LogP contribution in [-0.4, -0.2) is 38.2 Å². The van der Waals surface area contributed by atoms with E-state index in [0.29, 0.717) is 0 Å². The maximum Gasteiger partial charge on any atom is 0.250 e.